The number of carbonyl (C=O) groups excluding carboxylic acids is 1. The number of benzene rings is 2. The Kier molecular flexibility index (Phi) is 7.04. The average Bonchev–Trinajstić information content (AvgIpc) is 3.31. The summed E-state index contributed by atoms with van der Waals surface area (Å²) in [6.07, 6.45) is 6.60. The predicted octanol–water partition coefficient (Wildman–Crippen LogP) is 4.72. The number of aromatic amines is 1. The first-order chi connectivity index (χ1) is 17.5. The Morgan fingerprint density at radius 2 is 1.89 bits per heavy atom. The first kappa shape index (κ1) is 24.1. The fourth-order valence-corrected chi connectivity index (χ4v) is 5.15. The maximum absolute atomic E-state index is 11.8. The van der Waals surface area contributed by atoms with E-state index in [9.17, 15) is 4.79 Å². The summed E-state index contributed by atoms with van der Waals surface area (Å²) in [4.78, 5) is 26.7. The third kappa shape index (κ3) is 5.14. The summed E-state index contributed by atoms with van der Waals surface area (Å²) in [6, 6.07) is 14.2. The van der Waals surface area contributed by atoms with Gasteiger partial charge in [-0.3, -0.25) is 0 Å². The molecule has 8 heteroatoms. The number of hydrogen-bond acceptors (Lipinski definition) is 7. The first-order valence-electron chi connectivity index (χ1n) is 12.6. The van der Waals surface area contributed by atoms with E-state index in [1.165, 1.54) is 25.5 Å². The van der Waals surface area contributed by atoms with Gasteiger partial charge in [0.2, 0.25) is 5.95 Å². The standard InChI is InChI=1S/C28H34N6O2/c1-34(2)26-23-6-4-5-7-24(23)32-28(33-26)31-21-11-8-18(9-12-21)15-29-16-20-17-30-25-14-19(27(35)36-3)10-13-22(20)25/h4-7,10,13-14,17-18,21,29-30H,8-9,11-12,15-16H2,1-3H3,(H,31,32,33)/t18-,21+. The summed E-state index contributed by atoms with van der Waals surface area (Å²) < 4.78 is 4.82. The zero-order chi connectivity index (χ0) is 25.1. The van der Waals surface area contributed by atoms with Crippen LogP contribution < -0.4 is 15.5 Å². The van der Waals surface area contributed by atoms with Crippen molar-refractivity contribution in [1.29, 1.82) is 0 Å². The molecule has 3 N–H and O–H groups in total. The smallest absolute Gasteiger partial charge is 0.337 e. The number of hydrogen-bond donors (Lipinski definition) is 3. The number of ether oxygens (including phenoxy) is 1. The van der Waals surface area contributed by atoms with Gasteiger partial charge in [-0.25, -0.2) is 9.78 Å². The number of rotatable bonds is 8. The Bertz CT molecular complexity index is 1360. The van der Waals surface area contributed by atoms with Crippen LogP contribution in [0.4, 0.5) is 11.8 Å². The van der Waals surface area contributed by atoms with Gasteiger partial charge < -0.3 is 25.3 Å². The van der Waals surface area contributed by atoms with Crippen LogP contribution in [0.2, 0.25) is 0 Å². The molecule has 4 aromatic rings. The molecular formula is C28H34N6O2. The molecule has 0 spiro atoms. The third-order valence-electron chi connectivity index (χ3n) is 7.12. The Hall–Kier alpha value is -3.65. The molecular weight excluding hydrogens is 452 g/mol. The van der Waals surface area contributed by atoms with Crippen molar-refractivity contribution in [2.24, 2.45) is 5.92 Å². The summed E-state index contributed by atoms with van der Waals surface area (Å²) >= 11 is 0. The zero-order valence-corrected chi connectivity index (χ0v) is 21.2. The molecule has 188 valence electrons. The average molecular weight is 487 g/mol. The van der Waals surface area contributed by atoms with Gasteiger partial charge in [-0.2, -0.15) is 4.98 Å². The number of aromatic nitrogens is 3. The molecule has 1 saturated carbocycles. The minimum Gasteiger partial charge on any atom is -0.465 e. The van der Waals surface area contributed by atoms with Gasteiger partial charge in [0.25, 0.3) is 0 Å². The zero-order valence-electron chi connectivity index (χ0n) is 21.2. The highest BCUT2D eigenvalue weighted by Crippen LogP contribution is 2.28. The van der Waals surface area contributed by atoms with E-state index >= 15 is 0 Å². The minimum absolute atomic E-state index is 0.318. The van der Waals surface area contributed by atoms with Crippen LogP contribution in [0.25, 0.3) is 21.8 Å². The Morgan fingerprint density at radius 1 is 1.08 bits per heavy atom. The van der Waals surface area contributed by atoms with Crippen molar-refractivity contribution in [1.82, 2.24) is 20.3 Å². The van der Waals surface area contributed by atoms with Crippen molar-refractivity contribution in [2.45, 2.75) is 38.3 Å². The lowest BCUT2D eigenvalue weighted by Crippen LogP contribution is -2.31. The predicted molar refractivity (Wildman–Crippen MR) is 145 cm³/mol. The van der Waals surface area contributed by atoms with E-state index in [2.05, 4.69) is 21.7 Å². The highest BCUT2D eigenvalue weighted by Gasteiger charge is 2.22. The summed E-state index contributed by atoms with van der Waals surface area (Å²) in [6.45, 7) is 1.80. The number of nitrogens with zero attached hydrogens (tertiary/aromatic N) is 3. The number of fused-ring (bicyclic) bond motifs is 2. The number of esters is 1. The maximum atomic E-state index is 11.8. The number of carbonyl (C=O) groups is 1. The van der Waals surface area contributed by atoms with Crippen molar-refractivity contribution in [3.05, 3.63) is 59.8 Å². The van der Waals surface area contributed by atoms with E-state index in [4.69, 9.17) is 14.7 Å². The fraction of sp³-hybridized carbons (Fsp3) is 0.393. The number of H-pyrrole nitrogens is 1. The molecule has 0 amide bonds. The first-order valence-corrected chi connectivity index (χ1v) is 12.6. The second-order valence-electron chi connectivity index (χ2n) is 9.84. The van der Waals surface area contributed by atoms with Gasteiger partial charge in [-0.1, -0.05) is 18.2 Å². The van der Waals surface area contributed by atoms with Gasteiger partial charge in [-0.05, 0) is 68.0 Å². The molecule has 2 aromatic heterocycles. The van der Waals surface area contributed by atoms with E-state index in [1.54, 1.807) is 0 Å². The highest BCUT2D eigenvalue weighted by molar-refractivity contribution is 5.95. The van der Waals surface area contributed by atoms with E-state index < -0.39 is 0 Å². The lowest BCUT2D eigenvalue weighted by Gasteiger charge is -2.29. The number of nitrogens with one attached hydrogen (secondary N) is 3. The number of anilines is 2. The van der Waals surface area contributed by atoms with Crippen molar-refractivity contribution < 1.29 is 9.53 Å². The van der Waals surface area contributed by atoms with Crippen LogP contribution in [0.15, 0.2) is 48.7 Å². The fourth-order valence-electron chi connectivity index (χ4n) is 5.15. The van der Waals surface area contributed by atoms with Gasteiger partial charge in [-0.15, -0.1) is 0 Å². The summed E-state index contributed by atoms with van der Waals surface area (Å²) in [7, 11) is 5.44. The topological polar surface area (TPSA) is 95.2 Å². The Balaban J connectivity index is 1.13. The largest absolute Gasteiger partial charge is 0.465 e. The molecule has 8 nitrogen and oxygen atoms in total. The van der Waals surface area contributed by atoms with Crippen molar-refractivity contribution in [2.75, 3.05) is 38.0 Å². The van der Waals surface area contributed by atoms with Gasteiger partial charge in [0.1, 0.15) is 5.82 Å². The molecule has 0 unspecified atom stereocenters. The molecule has 0 atom stereocenters. The van der Waals surface area contributed by atoms with E-state index in [0.29, 0.717) is 23.5 Å². The van der Waals surface area contributed by atoms with Crippen LogP contribution >= 0.6 is 0 Å². The molecule has 1 aliphatic carbocycles. The summed E-state index contributed by atoms with van der Waals surface area (Å²) in [5, 5.41) is 9.44. The molecule has 2 heterocycles. The molecule has 1 aliphatic rings. The molecule has 2 aromatic carbocycles. The molecule has 1 fully saturated rings. The monoisotopic (exact) mass is 486 g/mol. The number of methoxy groups -OCH3 is 1. The van der Waals surface area contributed by atoms with Gasteiger partial charge in [0.15, 0.2) is 0 Å². The van der Waals surface area contributed by atoms with E-state index in [1.807, 2.05) is 61.6 Å². The lowest BCUT2D eigenvalue weighted by molar-refractivity contribution is 0.0601. The minimum atomic E-state index is -0.318. The highest BCUT2D eigenvalue weighted by atomic mass is 16.5. The summed E-state index contributed by atoms with van der Waals surface area (Å²) in [5.74, 6) is 2.00. The van der Waals surface area contributed by atoms with Crippen LogP contribution in [0.5, 0.6) is 0 Å². The Labute approximate surface area is 211 Å². The van der Waals surface area contributed by atoms with E-state index in [-0.39, 0.29) is 5.97 Å². The maximum Gasteiger partial charge on any atom is 0.337 e. The van der Waals surface area contributed by atoms with E-state index in [0.717, 1.165) is 53.6 Å². The second-order valence-corrected chi connectivity index (χ2v) is 9.84. The Morgan fingerprint density at radius 3 is 2.67 bits per heavy atom. The van der Waals surface area contributed by atoms with Crippen molar-refractivity contribution >= 4 is 39.5 Å². The molecule has 5 rings (SSSR count). The van der Waals surface area contributed by atoms with Crippen molar-refractivity contribution in [3.63, 3.8) is 0 Å². The number of para-hydroxylation sites is 1. The molecule has 0 radical (unpaired) electrons. The molecule has 36 heavy (non-hydrogen) atoms. The summed E-state index contributed by atoms with van der Waals surface area (Å²) in [5.41, 5.74) is 3.69. The lowest BCUT2D eigenvalue weighted by atomic mass is 9.86. The molecule has 0 bridgehead atoms. The third-order valence-corrected chi connectivity index (χ3v) is 7.12. The van der Waals surface area contributed by atoms with Gasteiger partial charge in [0, 0.05) is 49.2 Å². The SMILES string of the molecule is COC(=O)c1ccc2c(CNC[C@H]3CC[C@@H](Nc4nc(N(C)C)c5ccccc5n4)CC3)c[nH]c2c1. The van der Waals surface area contributed by atoms with Crippen LogP contribution in [0, 0.1) is 5.92 Å². The van der Waals surface area contributed by atoms with Gasteiger partial charge in [0.05, 0.1) is 18.2 Å². The quantitative estimate of drug-likeness (QED) is 0.310. The van der Waals surface area contributed by atoms with Crippen molar-refractivity contribution in [3.8, 4) is 0 Å². The molecule has 0 aliphatic heterocycles. The second kappa shape index (κ2) is 10.5. The van der Waals surface area contributed by atoms with Gasteiger partial charge >= 0.3 is 5.97 Å². The van der Waals surface area contributed by atoms with Crippen LogP contribution in [-0.2, 0) is 11.3 Å². The van der Waals surface area contributed by atoms with Crippen LogP contribution in [-0.4, -0.2) is 54.7 Å². The normalized spacial score (nSPS) is 17.9. The van der Waals surface area contributed by atoms with Crippen LogP contribution in [0.1, 0.15) is 41.6 Å². The molecule has 0 saturated heterocycles. The van der Waals surface area contributed by atoms with Crippen LogP contribution in [0.3, 0.4) is 0 Å².